The molecule has 6 nitrogen and oxygen atoms in total. The molecule has 0 bridgehead atoms. The summed E-state index contributed by atoms with van der Waals surface area (Å²) in [4.78, 5) is 6.76. The Kier molecular flexibility index (Phi) is 11.2. The molecule has 0 aliphatic rings. The highest BCUT2D eigenvalue weighted by Gasteiger charge is 2.16. The molecule has 1 unspecified atom stereocenters. The summed E-state index contributed by atoms with van der Waals surface area (Å²) < 4.78 is 11.2. The Morgan fingerprint density at radius 2 is 1.91 bits per heavy atom. The zero-order chi connectivity index (χ0) is 17.0. The standard InChI is InChI=1S/C16H36N4O2/c1-8-17-15(19-13-16(3,4)21-7)18-12-14(22-9-2)10-11-20(5)6/h14H,8-13H2,1-7H3,(H2,17,18,19). The molecule has 0 heterocycles. The number of guanidine groups is 1. The average Bonchev–Trinajstić information content (AvgIpc) is 2.47. The van der Waals surface area contributed by atoms with Crippen molar-refractivity contribution < 1.29 is 9.47 Å². The van der Waals surface area contributed by atoms with Crippen molar-refractivity contribution in [2.45, 2.75) is 45.8 Å². The van der Waals surface area contributed by atoms with Gasteiger partial charge in [-0.3, -0.25) is 4.99 Å². The lowest BCUT2D eigenvalue weighted by molar-refractivity contribution is 0.0310. The Balaban J connectivity index is 4.48. The van der Waals surface area contributed by atoms with Crippen LogP contribution < -0.4 is 10.6 Å². The van der Waals surface area contributed by atoms with Crippen LogP contribution in [0.2, 0.25) is 0 Å². The molecular formula is C16H36N4O2. The number of ether oxygens (including phenoxy) is 2. The van der Waals surface area contributed by atoms with E-state index in [9.17, 15) is 0 Å². The summed E-state index contributed by atoms with van der Waals surface area (Å²) in [6.45, 7) is 12.1. The third kappa shape index (κ3) is 10.8. The molecular weight excluding hydrogens is 280 g/mol. The summed E-state index contributed by atoms with van der Waals surface area (Å²) in [7, 11) is 5.87. The Hall–Kier alpha value is -0.850. The fourth-order valence-electron chi connectivity index (χ4n) is 1.77. The highest BCUT2D eigenvalue weighted by molar-refractivity contribution is 5.79. The Labute approximate surface area is 136 Å². The van der Waals surface area contributed by atoms with E-state index in [2.05, 4.69) is 41.5 Å². The SMILES string of the molecule is CCNC(=NCC(C)(C)OC)NCC(CCN(C)C)OCC. The Bertz CT molecular complexity index is 307. The van der Waals surface area contributed by atoms with Gasteiger partial charge in [-0.05, 0) is 48.2 Å². The van der Waals surface area contributed by atoms with E-state index in [0.717, 1.165) is 38.6 Å². The first-order valence-corrected chi connectivity index (χ1v) is 8.18. The zero-order valence-corrected chi connectivity index (χ0v) is 15.5. The number of aliphatic imine (C=N–C) groups is 1. The highest BCUT2D eigenvalue weighted by Crippen LogP contribution is 2.07. The maximum absolute atomic E-state index is 5.79. The molecule has 2 N–H and O–H groups in total. The number of rotatable bonds is 11. The van der Waals surface area contributed by atoms with Crippen molar-refractivity contribution >= 4 is 5.96 Å². The first kappa shape index (κ1) is 21.1. The summed E-state index contributed by atoms with van der Waals surface area (Å²) >= 11 is 0. The average molecular weight is 316 g/mol. The van der Waals surface area contributed by atoms with E-state index in [1.165, 1.54) is 0 Å². The molecule has 6 heteroatoms. The van der Waals surface area contributed by atoms with Crippen molar-refractivity contribution in [3.63, 3.8) is 0 Å². The lowest BCUT2D eigenvalue weighted by Gasteiger charge is -2.23. The molecule has 0 aliphatic heterocycles. The van der Waals surface area contributed by atoms with E-state index < -0.39 is 0 Å². The Morgan fingerprint density at radius 3 is 2.41 bits per heavy atom. The van der Waals surface area contributed by atoms with Gasteiger partial charge in [-0.25, -0.2) is 0 Å². The van der Waals surface area contributed by atoms with E-state index in [1.54, 1.807) is 7.11 Å². The molecule has 132 valence electrons. The molecule has 22 heavy (non-hydrogen) atoms. The summed E-state index contributed by atoms with van der Waals surface area (Å²) in [5, 5.41) is 6.62. The molecule has 0 saturated carbocycles. The summed E-state index contributed by atoms with van der Waals surface area (Å²) in [6.07, 6.45) is 1.18. The van der Waals surface area contributed by atoms with Gasteiger partial charge >= 0.3 is 0 Å². The van der Waals surface area contributed by atoms with Crippen LogP contribution in [0.15, 0.2) is 4.99 Å². The second-order valence-electron chi connectivity index (χ2n) is 6.21. The molecule has 0 saturated heterocycles. The van der Waals surface area contributed by atoms with Crippen LogP contribution in [0.4, 0.5) is 0 Å². The molecule has 0 aromatic rings. The van der Waals surface area contributed by atoms with Gasteiger partial charge in [-0.1, -0.05) is 0 Å². The van der Waals surface area contributed by atoms with Crippen LogP contribution in [0.25, 0.3) is 0 Å². The number of methoxy groups -OCH3 is 1. The number of nitrogens with zero attached hydrogens (tertiary/aromatic N) is 2. The fourth-order valence-corrected chi connectivity index (χ4v) is 1.77. The van der Waals surface area contributed by atoms with Gasteiger partial charge in [0.25, 0.3) is 0 Å². The minimum Gasteiger partial charge on any atom is -0.377 e. The lowest BCUT2D eigenvalue weighted by atomic mass is 10.1. The molecule has 0 amide bonds. The quantitative estimate of drug-likeness (QED) is 0.445. The second kappa shape index (κ2) is 11.7. The smallest absolute Gasteiger partial charge is 0.191 e. The summed E-state index contributed by atoms with van der Waals surface area (Å²) in [5.41, 5.74) is -0.257. The van der Waals surface area contributed by atoms with E-state index in [0.29, 0.717) is 6.54 Å². The molecule has 0 aromatic heterocycles. The van der Waals surface area contributed by atoms with Crippen molar-refractivity contribution in [2.24, 2.45) is 4.99 Å². The van der Waals surface area contributed by atoms with Crippen LogP contribution >= 0.6 is 0 Å². The van der Waals surface area contributed by atoms with Gasteiger partial charge in [0, 0.05) is 33.4 Å². The summed E-state index contributed by atoms with van der Waals surface area (Å²) in [6, 6.07) is 0. The van der Waals surface area contributed by atoms with Gasteiger partial charge in [-0.15, -0.1) is 0 Å². The molecule has 1 atom stereocenters. The van der Waals surface area contributed by atoms with Crippen LogP contribution in [0, 0.1) is 0 Å². The van der Waals surface area contributed by atoms with Crippen molar-refractivity contribution in [3.05, 3.63) is 0 Å². The molecule has 0 spiro atoms. The fraction of sp³-hybridized carbons (Fsp3) is 0.938. The monoisotopic (exact) mass is 316 g/mol. The van der Waals surface area contributed by atoms with Crippen LogP contribution in [0.3, 0.4) is 0 Å². The third-order valence-corrected chi connectivity index (χ3v) is 3.31. The number of nitrogens with one attached hydrogen (secondary N) is 2. The minimum absolute atomic E-state index is 0.187. The molecule has 0 rings (SSSR count). The zero-order valence-electron chi connectivity index (χ0n) is 15.5. The van der Waals surface area contributed by atoms with E-state index in [4.69, 9.17) is 9.47 Å². The van der Waals surface area contributed by atoms with Crippen LogP contribution in [-0.4, -0.2) is 76.6 Å². The third-order valence-electron chi connectivity index (χ3n) is 3.31. The normalized spacial score (nSPS) is 14.3. The summed E-state index contributed by atoms with van der Waals surface area (Å²) in [5.74, 6) is 0.808. The van der Waals surface area contributed by atoms with E-state index in [1.807, 2.05) is 20.8 Å². The van der Waals surface area contributed by atoms with Gasteiger partial charge in [0.05, 0.1) is 18.2 Å². The van der Waals surface area contributed by atoms with Gasteiger partial charge in [-0.2, -0.15) is 0 Å². The number of hydrogen-bond acceptors (Lipinski definition) is 4. The van der Waals surface area contributed by atoms with Crippen LogP contribution in [0.5, 0.6) is 0 Å². The molecule has 0 aromatic carbocycles. The first-order chi connectivity index (χ1) is 10.3. The van der Waals surface area contributed by atoms with Crippen molar-refractivity contribution in [1.29, 1.82) is 0 Å². The van der Waals surface area contributed by atoms with Crippen molar-refractivity contribution in [3.8, 4) is 0 Å². The van der Waals surface area contributed by atoms with Crippen LogP contribution in [-0.2, 0) is 9.47 Å². The predicted molar refractivity (Wildman–Crippen MR) is 93.7 cm³/mol. The van der Waals surface area contributed by atoms with E-state index in [-0.39, 0.29) is 11.7 Å². The van der Waals surface area contributed by atoms with Crippen molar-refractivity contribution in [2.75, 3.05) is 54.0 Å². The Morgan fingerprint density at radius 1 is 1.23 bits per heavy atom. The van der Waals surface area contributed by atoms with Gasteiger partial charge in [0.15, 0.2) is 5.96 Å². The van der Waals surface area contributed by atoms with Crippen molar-refractivity contribution in [1.82, 2.24) is 15.5 Å². The van der Waals surface area contributed by atoms with Gasteiger partial charge < -0.3 is 25.0 Å². The highest BCUT2D eigenvalue weighted by atomic mass is 16.5. The van der Waals surface area contributed by atoms with Crippen LogP contribution in [0.1, 0.15) is 34.1 Å². The second-order valence-corrected chi connectivity index (χ2v) is 6.21. The minimum atomic E-state index is -0.257. The van der Waals surface area contributed by atoms with E-state index >= 15 is 0 Å². The topological polar surface area (TPSA) is 58.1 Å². The number of hydrogen-bond donors (Lipinski definition) is 2. The molecule has 0 fully saturated rings. The lowest BCUT2D eigenvalue weighted by Crippen LogP contribution is -2.43. The largest absolute Gasteiger partial charge is 0.377 e. The van der Waals surface area contributed by atoms with Gasteiger partial charge in [0.1, 0.15) is 0 Å². The molecule has 0 radical (unpaired) electrons. The molecule has 0 aliphatic carbocycles. The van der Waals surface area contributed by atoms with Gasteiger partial charge in [0.2, 0.25) is 0 Å². The first-order valence-electron chi connectivity index (χ1n) is 8.18. The maximum atomic E-state index is 5.79. The maximum Gasteiger partial charge on any atom is 0.191 e. The predicted octanol–water partition coefficient (Wildman–Crippen LogP) is 1.32.